The first-order valence-electron chi connectivity index (χ1n) is 8.45. The quantitative estimate of drug-likeness (QED) is 0.904. The van der Waals surface area contributed by atoms with E-state index in [2.05, 4.69) is 54.7 Å². The molecule has 1 saturated heterocycles. The number of rotatable bonds is 4. The highest BCUT2D eigenvalue weighted by Crippen LogP contribution is 2.29. The first-order chi connectivity index (χ1) is 11.4. The van der Waals surface area contributed by atoms with Crippen molar-refractivity contribution in [2.24, 2.45) is 13.0 Å². The zero-order valence-corrected chi connectivity index (χ0v) is 14.8. The highest BCUT2D eigenvalue weighted by molar-refractivity contribution is 5.81. The summed E-state index contributed by atoms with van der Waals surface area (Å²) in [6.45, 7) is 7.70. The van der Waals surface area contributed by atoms with Crippen molar-refractivity contribution in [2.45, 2.75) is 32.2 Å². The van der Waals surface area contributed by atoms with Crippen LogP contribution in [0.4, 0.5) is 0 Å². The van der Waals surface area contributed by atoms with E-state index in [1.54, 1.807) is 4.68 Å². The van der Waals surface area contributed by atoms with Crippen LogP contribution in [0, 0.1) is 12.8 Å². The zero-order valence-electron chi connectivity index (χ0n) is 14.8. The second kappa shape index (κ2) is 6.40. The Kier molecular flexibility index (Phi) is 4.45. The maximum absolute atomic E-state index is 12.9. The summed E-state index contributed by atoms with van der Waals surface area (Å²) in [5, 5.41) is 10.8. The Morgan fingerprint density at radius 3 is 2.83 bits per heavy atom. The van der Waals surface area contributed by atoms with Gasteiger partial charge in [-0.05, 0) is 31.9 Å². The van der Waals surface area contributed by atoms with Crippen LogP contribution >= 0.6 is 0 Å². The summed E-state index contributed by atoms with van der Waals surface area (Å²) < 4.78 is 1.79. The molecule has 3 rings (SSSR count). The van der Waals surface area contributed by atoms with Gasteiger partial charge >= 0.3 is 0 Å². The van der Waals surface area contributed by atoms with Crippen molar-refractivity contribution < 1.29 is 4.79 Å². The Bertz CT molecular complexity index is 734. The Balaban J connectivity index is 1.76. The molecule has 0 unspecified atom stereocenters. The minimum Gasteiger partial charge on any atom is -0.347 e. The molecule has 2 aromatic rings. The van der Waals surface area contributed by atoms with E-state index in [9.17, 15) is 4.79 Å². The van der Waals surface area contributed by atoms with Crippen molar-refractivity contribution in [3.8, 4) is 0 Å². The second-order valence-electron chi connectivity index (χ2n) is 7.30. The number of aromatic nitrogens is 2. The van der Waals surface area contributed by atoms with Gasteiger partial charge in [0.2, 0.25) is 5.91 Å². The Morgan fingerprint density at radius 2 is 2.17 bits per heavy atom. The smallest absolute Gasteiger partial charge is 0.225 e. The van der Waals surface area contributed by atoms with Gasteiger partial charge in [0.25, 0.3) is 0 Å². The lowest BCUT2D eigenvalue weighted by Gasteiger charge is -2.30. The van der Waals surface area contributed by atoms with Gasteiger partial charge < -0.3 is 10.6 Å². The van der Waals surface area contributed by atoms with Crippen LogP contribution in [-0.4, -0.2) is 28.8 Å². The predicted molar refractivity (Wildman–Crippen MR) is 94.7 cm³/mol. The summed E-state index contributed by atoms with van der Waals surface area (Å²) in [5.74, 6) is 0.200. The van der Waals surface area contributed by atoms with Crippen LogP contribution in [0.1, 0.15) is 36.5 Å². The molecule has 2 N–H and O–H groups in total. The maximum Gasteiger partial charge on any atom is 0.225 e. The number of carbonyl (C=O) groups excluding carboxylic acids is 1. The lowest BCUT2D eigenvalue weighted by atomic mass is 9.87. The number of benzene rings is 1. The number of aryl methyl sites for hydroxylation is 2. The summed E-state index contributed by atoms with van der Waals surface area (Å²) in [5.41, 5.74) is 3.05. The van der Waals surface area contributed by atoms with E-state index in [1.807, 2.05) is 25.5 Å². The maximum atomic E-state index is 12.9. The van der Waals surface area contributed by atoms with Crippen molar-refractivity contribution in [2.75, 3.05) is 13.1 Å². The van der Waals surface area contributed by atoms with E-state index in [1.165, 1.54) is 5.56 Å². The lowest BCUT2D eigenvalue weighted by Crippen LogP contribution is -2.45. The Morgan fingerprint density at radius 1 is 1.38 bits per heavy atom. The number of hydrogen-bond donors (Lipinski definition) is 2. The molecular formula is C19H26N4O. The highest BCUT2D eigenvalue weighted by Gasteiger charge is 2.37. The second-order valence-corrected chi connectivity index (χ2v) is 7.30. The van der Waals surface area contributed by atoms with Crippen LogP contribution < -0.4 is 10.6 Å². The molecule has 0 saturated carbocycles. The summed E-state index contributed by atoms with van der Waals surface area (Å²) in [7, 11) is 1.90. The molecule has 5 nitrogen and oxygen atoms in total. The zero-order chi connectivity index (χ0) is 17.3. The Labute approximate surface area is 143 Å². The van der Waals surface area contributed by atoms with Crippen LogP contribution in [0.5, 0.6) is 0 Å². The fraction of sp³-hybridized carbons (Fsp3) is 0.474. The molecule has 0 radical (unpaired) electrons. The number of amides is 1. The van der Waals surface area contributed by atoms with Gasteiger partial charge in [0.15, 0.2) is 0 Å². The van der Waals surface area contributed by atoms with E-state index < -0.39 is 5.54 Å². The molecule has 1 aliphatic heterocycles. The van der Waals surface area contributed by atoms with E-state index in [-0.39, 0.29) is 17.7 Å². The van der Waals surface area contributed by atoms with Gasteiger partial charge in [-0.25, -0.2) is 0 Å². The first kappa shape index (κ1) is 16.7. The Hall–Kier alpha value is -2.14. The molecule has 1 aliphatic rings. The standard InChI is InChI=1S/C19H26N4O/c1-13-6-5-7-15(8-13)19(2,3)22-18(24)17-11-20-10-16(17)14-9-21-23(4)12-14/h5-9,12,16-17,20H,10-11H2,1-4H3,(H,22,24)/t16-,17+/m1/s1. The van der Waals surface area contributed by atoms with E-state index in [0.29, 0.717) is 6.54 Å². The van der Waals surface area contributed by atoms with E-state index >= 15 is 0 Å². The molecule has 1 aromatic carbocycles. The number of nitrogens with zero attached hydrogens (tertiary/aromatic N) is 2. The minimum absolute atomic E-state index is 0.0710. The number of nitrogens with one attached hydrogen (secondary N) is 2. The molecule has 5 heteroatoms. The third-order valence-electron chi connectivity index (χ3n) is 4.88. The van der Waals surface area contributed by atoms with Crippen molar-refractivity contribution in [1.82, 2.24) is 20.4 Å². The molecule has 0 bridgehead atoms. The molecule has 0 spiro atoms. The SMILES string of the molecule is Cc1cccc(C(C)(C)NC(=O)[C@H]2CNC[C@@H]2c2cnn(C)c2)c1. The molecule has 1 aromatic heterocycles. The van der Waals surface area contributed by atoms with E-state index in [0.717, 1.165) is 17.7 Å². The van der Waals surface area contributed by atoms with Crippen molar-refractivity contribution >= 4 is 5.91 Å². The minimum atomic E-state index is -0.398. The summed E-state index contributed by atoms with van der Waals surface area (Å²) >= 11 is 0. The predicted octanol–water partition coefficient (Wildman–Crippen LogP) is 2.08. The van der Waals surface area contributed by atoms with Crippen LogP contribution in [0.15, 0.2) is 36.7 Å². The molecule has 1 fully saturated rings. The summed E-state index contributed by atoms with van der Waals surface area (Å²) in [6.07, 6.45) is 3.87. The molecule has 2 heterocycles. The van der Waals surface area contributed by atoms with Crippen molar-refractivity contribution in [1.29, 1.82) is 0 Å². The van der Waals surface area contributed by atoms with Gasteiger partial charge in [-0.3, -0.25) is 9.48 Å². The summed E-state index contributed by atoms with van der Waals surface area (Å²) in [4.78, 5) is 12.9. The van der Waals surface area contributed by atoms with Gasteiger partial charge in [-0.2, -0.15) is 5.10 Å². The topological polar surface area (TPSA) is 59.0 Å². The molecule has 128 valence electrons. The largest absolute Gasteiger partial charge is 0.347 e. The van der Waals surface area contributed by atoms with Gasteiger partial charge in [0, 0.05) is 32.3 Å². The fourth-order valence-electron chi connectivity index (χ4n) is 3.44. The highest BCUT2D eigenvalue weighted by atomic mass is 16.2. The molecule has 24 heavy (non-hydrogen) atoms. The third-order valence-corrected chi connectivity index (χ3v) is 4.88. The van der Waals surface area contributed by atoms with Crippen LogP contribution in [0.2, 0.25) is 0 Å². The number of carbonyl (C=O) groups is 1. The normalized spacial score (nSPS) is 21.0. The monoisotopic (exact) mass is 326 g/mol. The summed E-state index contributed by atoms with van der Waals surface area (Å²) in [6, 6.07) is 8.30. The fourth-order valence-corrected chi connectivity index (χ4v) is 3.44. The molecule has 1 amide bonds. The van der Waals surface area contributed by atoms with E-state index in [4.69, 9.17) is 0 Å². The van der Waals surface area contributed by atoms with Gasteiger partial charge in [-0.1, -0.05) is 29.8 Å². The van der Waals surface area contributed by atoms with Crippen LogP contribution in [0.25, 0.3) is 0 Å². The van der Waals surface area contributed by atoms with Gasteiger partial charge in [0.1, 0.15) is 0 Å². The van der Waals surface area contributed by atoms with Crippen LogP contribution in [0.3, 0.4) is 0 Å². The number of hydrogen-bond acceptors (Lipinski definition) is 3. The van der Waals surface area contributed by atoms with Gasteiger partial charge in [0.05, 0.1) is 17.7 Å². The third kappa shape index (κ3) is 3.36. The molecular weight excluding hydrogens is 300 g/mol. The average Bonchev–Trinajstić information content (AvgIpc) is 3.15. The molecule has 2 atom stereocenters. The lowest BCUT2D eigenvalue weighted by molar-refractivity contribution is -0.126. The van der Waals surface area contributed by atoms with Crippen LogP contribution in [-0.2, 0) is 17.4 Å². The van der Waals surface area contributed by atoms with Crippen molar-refractivity contribution in [3.63, 3.8) is 0 Å². The first-order valence-corrected chi connectivity index (χ1v) is 8.45. The molecule has 0 aliphatic carbocycles. The average molecular weight is 326 g/mol. The van der Waals surface area contributed by atoms with Gasteiger partial charge in [-0.15, -0.1) is 0 Å². The van der Waals surface area contributed by atoms with Crippen molar-refractivity contribution in [3.05, 3.63) is 53.3 Å².